The highest BCUT2D eigenvalue weighted by Gasteiger charge is 2.54. The van der Waals surface area contributed by atoms with Crippen molar-refractivity contribution in [3.8, 4) is 6.01 Å². The van der Waals surface area contributed by atoms with Gasteiger partial charge in [-0.05, 0) is 24.3 Å². The molecule has 162 valence electrons. The fourth-order valence-electron chi connectivity index (χ4n) is 3.71. The number of hydrogen-bond donors (Lipinski definition) is 0. The van der Waals surface area contributed by atoms with Crippen LogP contribution in [0.5, 0.6) is 6.01 Å². The summed E-state index contributed by atoms with van der Waals surface area (Å²) in [6.07, 6.45) is -1.61. The van der Waals surface area contributed by atoms with E-state index in [9.17, 15) is 14.4 Å². The van der Waals surface area contributed by atoms with Crippen LogP contribution in [0.4, 0.5) is 0 Å². The molecule has 1 aromatic heterocycles. The number of benzene rings is 2. The minimum atomic E-state index is -0.895. The van der Waals surface area contributed by atoms with E-state index in [2.05, 4.69) is 4.98 Å². The second-order valence-corrected chi connectivity index (χ2v) is 7.30. The number of ether oxygens (including phenoxy) is 4. The molecule has 1 unspecified atom stereocenters. The molecule has 1 saturated heterocycles. The van der Waals surface area contributed by atoms with Gasteiger partial charge in [0.2, 0.25) is 0 Å². The lowest BCUT2D eigenvalue weighted by atomic mass is 10.1. The highest BCUT2D eigenvalue weighted by atomic mass is 16.7. The number of carbonyl (C=O) groups excluding carboxylic acids is 2. The molecule has 0 N–H and O–H groups in total. The maximum Gasteiger partial charge on any atom is 0.338 e. The number of nitrogens with zero attached hydrogens (tertiary/aromatic N) is 2. The summed E-state index contributed by atoms with van der Waals surface area (Å²) in [6, 6.07) is 18.4. The van der Waals surface area contributed by atoms with Crippen molar-refractivity contribution in [2.45, 2.75) is 24.5 Å². The lowest BCUT2D eigenvalue weighted by molar-refractivity contribution is -0.0574. The molecule has 0 spiro atoms. The third-order valence-electron chi connectivity index (χ3n) is 5.25. The van der Waals surface area contributed by atoms with Crippen molar-refractivity contribution >= 4 is 11.9 Å². The molecule has 5 rings (SSSR count). The average Bonchev–Trinajstić information content (AvgIpc) is 3.34. The minimum Gasteiger partial charge on any atom is -0.459 e. The minimum absolute atomic E-state index is 0.0768. The molecule has 3 heterocycles. The molecule has 1 fully saturated rings. The van der Waals surface area contributed by atoms with Crippen LogP contribution in [-0.4, -0.2) is 46.4 Å². The van der Waals surface area contributed by atoms with Crippen LogP contribution < -0.4 is 10.3 Å². The Labute approximate surface area is 182 Å². The Morgan fingerprint density at radius 2 is 1.59 bits per heavy atom. The lowest BCUT2D eigenvalue weighted by Gasteiger charge is -2.22. The SMILES string of the molecule is O=C(OC[C@@H]1O[C@H]2C(Oc3nc(=O)ccn32)[C@@H]1OC(=O)c1ccccc1)c1ccccc1. The maximum absolute atomic E-state index is 12.7. The van der Waals surface area contributed by atoms with Gasteiger partial charge < -0.3 is 18.9 Å². The van der Waals surface area contributed by atoms with Crippen LogP contribution in [0.25, 0.3) is 0 Å². The van der Waals surface area contributed by atoms with Gasteiger partial charge in [0, 0.05) is 12.3 Å². The molecular formula is C23H18N2O7. The average molecular weight is 434 g/mol. The Kier molecular flexibility index (Phi) is 5.16. The molecule has 9 nitrogen and oxygen atoms in total. The molecule has 0 radical (unpaired) electrons. The van der Waals surface area contributed by atoms with Gasteiger partial charge in [0.1, 0.15) is 12.7 Å². The van der Waals surface area contributed by atoms with E-state index in [-0.39, 0.29) is 12.6 Å². The van der Waals surface area contributed by atoms with Crippen molar-refractivity contribution in [1.82, 2.24) is 9.55 Å². The number of aromatic nitrogens is 2. The first-order chi connectivity index (χ1) is 15.6. The number of rotatable bonds is 5. The molecule has 2 aliphatic rings. The first kappa shape index (κ1) is 20.0. The molecule has 4 atom stereocenters. The Balaban J connectivity index is 1.37. The monoisotopic (exact) mass is 434 g/mol. The summed E-state index contributed by atoms with van der Waals surface area (Å²) in [6.45, 7) is -0.153. The zero-order chi connectivity index (χ0) is 22.1. The van der Waals surface area contributed by atoms with Crippen molar-refractivity contribution in [1.29, 1.82) is 0 Å². The van der Waals surface area contributed by atoms with E-state index in [0.717, 1.165) is 0 Å². The highest BCUT2D eigenvalue weighted by Crippen LogP contribution is 2.40. The summed E-state index contributed by atoms with van der Waals surface area (Å²) in [4.78, 5) is 40.5. The van der Waals surface area contributed by atoms with Crippen molar-refractivity contribution in [3.63, 3.8) is 0 Å². The van der Waals surface area contributed by atoms with Gasteiger partial charge in [0.15, 0.2) is 18.4 Å². The van der Waals surface area contributed by atoms with Crippen molar-refractivity contribution in [2.24, 2.45) is 0 Å². The van der Waals surface area contributed by atoms with Gasteiger partial charge in [0.05, 0.1) is 11.1 Å². The number of hydrogen-bond acceptors (Lipinski definition) is 8. The smallest absolute Gasteiger partial charge is 0.338 e. The molecule has 0 amide bonds. The summed E-state index contributed by atoms with van der Waals surface area (Å²) in [5, 5.41) is 0. The molecule has 0 saturated carbocycles. The summed E-state index contributed by atoms with van der Waals surface area (Å²) in [5.41, 5.74) is 0.299. The maximum atomic E-state index is 12.7. The van der Waals surface area contributed by atoms with E-state index >= 15 is 0 Å². The Bertz CT molecular complexity index is 1200. The van der Waals surface area contributed by atoms with E-state index in [0.29, 0.717) is 11.1 Å². The Hall–Kier alpha value is -3.98. The lowest BCUT2D eigenvalue weighted by Crippen LogP contribution is -2.40. The summed E-state index contributed by atoms with van der Waals surface area (Å²) >= 11 is 0. The topological polar surface area (TPSA) is 106 Å². The van der Waals surface area contributed by atoms with Crippen molar-refractivity contribution in [2.75, 3.05) is 6.61 Å². The molecule has 0 bridgehead atoms. The predicted molar refractivity (Wildman–Crippen MR) is 109 cm³/mol. The summed E-state index contributed by atoms with van der Waals surface area (Å²) in [5.74, 6) is -1.09. The van der Waals surface area contributed by atoms with Crippen LogP contribution in [0, 0.1) is 0 Å². The number of esters is 2. The van der Waals surface area contributed by atoms with E-state index in [1.54, 1.807) is 65.2 Å². The van der Waals surface area contributed by atoms with Crippen LogP contribution in [0.15, 0.2) is 77.7 Å². The van der Waals surface area contributed by atoms with Crippen molar-refractivity contribution < 1.29 is 28.5 Å². The fourth-order valence-corrected chi connectivity index (χ4v) is 3.71. The summed E-state index contributed by atoms with van der Waals surface area (Å²) < 4.78 is 24.5. The second-order valence-electron chi connectivity index (χ2n) is 7.30. The molecule has 9 heteroatoms. The van der Waals surface area contributed by atoms with Crippen LogP contribution in [-0.2, 0) is 14.2 Å². The van der Waals surface area contributed by atoms with Gasteiger partial charge in [-0.15, -0.1) is 0 Å². The first-order valence-corrected chi connectivity index (χ1v) is 10.00. The molecule has 2 aliphatic heterocycles. The first-order valence-electron chi connectivity index (χ1n) is 10.00. The zero-order valence-corrected chi connectivity index (χ0v) is 16.7. The van der Waals surface area contributed by atoms with E-state index in [4.69, 9.17) is 18.9 Å². The molecule has 0 aliphatic carbocycles. The summed E-state index contributed by atoms with van der Waals surface area (Å²) in [7, 11) is 0. The molecule has 3 aromatic rings. The Morgan fingerprint density at radius 1 is 0.938 bits per heavy atom. The predicted octanol–water partition coefficient (Wildman–Crippen LogP) is 1.98. The Morgan fingerprint density at radius 3 is 2.28 bits per heavy atom. The van der Waals surface area contributed by atoms with E-state index < -0.39 is 42.0 Å². The van der Waals surface area contributed by atoms with Gasteiger partial charge in [-0.3, -0.25) is 9.36 Å². The van der Waals surface area contributed by atoms with Gasteiger partial charge in [-0.25, -0.2) is 9.59 Å². The van der Waals surface area contributed by atoms with Gasteiger partial charge in [0.25, 0.3) is 5.56 Å². The molecule has 2 aromatic carbocycles. The highest BCUT2D eigenvalue weighted by molar-refractivity contribution is 5.90. The molecular weight excluding hydrogens is 416 g/mol. The standard InChI is InChI=1S/C23H18N2O7/c26-17-11-12-25-20-19(32-23(25)24-17)18(31-22(28)15-9-5-2-6-10-15)16(30-20)13-29-21(27)14-7-3-1-4-8-14/h1-12,16,18-20H,13H2/t16-,18+,19?,20-/m0/s1. The zero-order valence-electron chi connectivity index (χ0n) is 16.7. The van der Waals surface area contributed by atoms with Crippen LogP contribution >= 0.6 is 0 Å². The number of fused-ring (bicyclic) bond motifs is 3. The van der Waals surface area contributed by atoms with Crippen LogP contribution in [0.2, 0.25) is 0 Å². The van der Waals surface area contributed by atoms with E-state index in [1.807, 2.05) is 0 Å². The van der Waals surface area contributed by atoms with Gasteiger partial charge >= 0.3 is 17.9 Å². The largest absolute Gasteiger partial charge is 0.459 e. The van der Waals surface area contributed by atoms with Gasteiger partial charge in [-0.1, -0.05) is 36.4 Å². The normalized spacial score (nSPS) is 23.0. The fraction of sp³-hybridized carbons (Fsp3) is 0.217. The van der Waals surface area contributed by atoms with Crippen molar-refractivity contribution in [3.05, 3.63) is 94.4 Å². The quantitative estimate of drug-likeness (QED) is 0.562. The third-order valence-corrected chi connectivity index (χ3v) is 5.25. The van der Waals surface area contributed by atoms with Crippen LogP contribution in [0.3, 0.4) is 0 Å². The van der Waals surface area contributed by atoms with E-state index in [1.165, 1.54) is 12.3 Å². The van der Waals surface area contributed by atoms with Crippen LogP contribution in [0.1, 0.15) is 26.9 Å². The third kappa shape index (κ3) is 3.74. The molecule has 32 heavy (non-hydrogen) atoms. The second kappa shape index (κ2) is 8.27. The van der Waals surface area contributed by atoms with Gasteiger partial charge in [-0.2, -0.15) is 4.98 Å². The number of carbonyl (C=O) groups is 2.